The topological polar surface area (TPSA) is 12.0 Å². The summed E-state index contributed by atoms with van der Waals surface area (Å²) in [5, 5.41) is 3.67. The highest BCUT2D eigenvalue weighted by Crippen LogP contribution is 2.26. The van der Waals surface area contributed by atoms with Crippen molar-refractivity contribution in [2.24, 2.45) is 0 Å². The largest absolute Gasteiger partial charge is 0.310 e. The van der Waals surface area contributed by atoms with E-state index in [2.05, 4.69) is 76.3 Å². The molecular weight excluding hydrogens is 254 g/mol. The first-order valence-electron chi connectivity index (χ1n) is 7.88. The van der Waals surface area contributed by atoms with Crippen molar-refractivity contribution in [2.75, 3.05) is 6.54 Å². The third-order valence-corrected chi connectivity index (χ3v) is 4.06. The smallest absolute Gasteiger partial charge is 0.0366 e. The fourth-order valence-electron chi connectivity index (χ4n) is 3.34. The van der Waals surface area contributed by atoms with Crippen LogP contribution in [0, 0.1) is 27.7 Å². The van der Waals surface area contributed by atoms with E-state index in [1.165, 1.54) is 33.4 Å². The number of benzene rings is 2. The minimum Gasteiger partial charge on any atom is -0.310 e. The predicted molar refractivity (Wildman–Crippen MR) is 92.0 cm³/mol. The quantitative estimate of drug-likeness (QED) is 0.829. The maximum Gasteiger partial charge on any atom is 0.0366 e. The Morgan fingerprint density at radius 2 is 1.57 bits per heavy atom. The Kier molecular flexibility index (Phi) is 5.19. The summed E-state index contributed by atoms with van der Waals surface area (Å²) >= 11 is 0. The van der Waals surface area contributed by atoms with Gasteiger partial charge >= 0.3 is 0 Å². The zero-order valence-corrected chi connectivity index (χ0v) is 14.0. The molecule has 0 spiro atoms. The molecule has 2 rings (SSSR count). The van der Waals surface area contributed by atoms with Crippen LogP contribution in [0.5, 0.6) is 0 Å². The summed E-state index contributed by atoms with van der Waals surface area (Å²) in [5.74, 6) is 0. The van der Waals surface area contributed by atoms with Crippen LogP contribution in [-0.2, 0) is 6.42 Å². The molecule has 0 saturated carbocycles. The zero-order valence-electron chi connectivity index (χ0n) is 14.0. The average molecular weight is 281 g/mol. The fraction of sp³-hybridized carbons (Fsp3) is 0.400. The maximum atomic E-state index is 3.67. The first kappa shape index (κ1) is 15.8. The van der Waals surface area contributed by atoms with Crippen LogP contribution in [0.1, 0.15) is 46.3 Å². The Hall–Kier alpha value is -1.60. The van der Waals surface area contributed by atoms with Crippen molar-refractivity contribution in [1.29, 1.82) is 0 Å². The van der Waals surface area contributed by atoms with Crippen LogP contribution >= 0.6 is 0 Å². The van der Waals surface area contributed by atoms with Gasteiger partial charge in [-0.15, -0.1) is 0 Å². The normalized spacial score (nSPS) is 12.4. The number of hydrogen-bond acceptors (Lipinski definition) is 1. The SMILES string of the molecule is CCNC(Cc1cccc(C)c1)c1c(C)cc(C)cc1C. The van der Waals surface area contributed by atoms with Gasteiger partial charge in [0.15, 0.2) is 0 Å². The number of hydrogen-bond donors (Lipinski definition) is 1. The third-order valence-electron chi connectivity index (χ3n) is 4.06. The van der Waals surface area contributed by atoms with Crippen molar-refractivity contribution in [3.05, 3.63) is 69.8 Å². The second kappa shape index (κ2) is 6.91. The molecule has 0 aromatic heterocycles. The molecule has 0 aliphatic carbocycles. The van der Waals surface area contributed by atoms with Gasteiger partial charge in [-0.25, -0.2) is 0 Å². The van der Waals surface area contributed by atoms with Crippen molar-refractivity contribution >= 4 is 0 Å². The molecule has 2 aromatic rings. The van der Waals surface area contributed by atoms with Crippen molar-refractivity contribution in [3.8, 4) is 0 Å². The van der Waals surface area contributed by atoms with Gasteiger partial charge in [0.2, 0.25) is 0 Å². The minimum absolute atomic E-state index is 0.386. The number of aryl methyl sites for hydroxylation is 4. The summed E-state index contributed by atoms with van der Waals surface area (Å²) in [6.07, 6.45) is 1.04. The molecule has 0 saturated heterocycles. The molecule has 0 amide bonds. The molecule has 1 nitrogen and oxygen atoms in total. The molecule has 1 unspecified atom stereocenters. The van der Waals surface area contributed by atoms with Gasteiger partial charge in [-0.05, 0) is 62.9 Å². The van der Waals surface area contributed by atoms with Gasteiger partial charge in [0.25, 0.3) is 0 Å². The second-order valence-corrected chi connectivity index (χ2v) is 6.12. The highest BCUT2D eigenvalue weighted by molar-refractivity contribution is 5.40. The molecule has 0 bridgehead atoms. The Bertz CT molecular complexity index is 590. The van der Waals surface area contributed by atoms with Crippen LogP contribution < -0.4 is 5.32 Å². The Morgan fingerprint density at radius 1 is 0.905 bits per heavy atom. The van der Waals surface area contributed by atoms with Crippen LogP contribution in [0.3, 0.4) is 0 Å². The van der Waals surface area contributed by atoms with Crippen LogP contribution in [0.2, 0.25) is 0 Å². The predicted octanol–water partition coefficient (Wildman–Crippen LogP) is 4.81. The number of nitrogens with one attached hydrogen (secondary N) is 1. The molecule has 0 aliphatic heterocycles. The van der Waals surface area contributed by atoms with Crippen LogP contribution in [0.4, 0.5) is 0 Å². The van der Waals surface area contributed by atoms with Gasteiger partial charge in [0.05, 0.1) is 0 Å². The molecular formula is C20H27N. The first-order valence-corrected chi connectivity index (χ1v) is 7.88. The number of likely N-dealkylation sites (N-methyl/N-ethyl adjacent to an activating group) is 1. The molecule has 1 atom stereocenters. The molecule has 0 radical (unpaired) electrons. The zero-order chi connectivity index (χ0) is 15.4. The summed E-state index contributed by atoms with van der Waals surface area (Å²) in [5.41, 5.74) is 8.33. The summed E-state index contributed by atoms with van der Waals surface area (Å²) in [4.78, 5) is 0. The van der Waals surface area contributed by atoms with Gasteiger partial charge in [0.1, 0.15) is 0 Å². The van der Waals surface area contributed by atoms with E-state index in [9.17, 15) is 0 Å². The van der Waals surface area contributed by atoms with Crippen molar-refractivity contribution in [1.82, 2.24) is 5.32 Å². The number of rotatable bonds is 5. The fourth-order valence-corrected chi connectivity index (χ4v) is 3.34. The van der Waals surface area contributed by atoms with Crippen LogP contribution in [0.25, 0.3) is 0 Å². The lowest BCUT2D eigenvalue weighted by Gasteiger charge is -2.23. The summed E-state index contributed by atoms with van der Waals surface area (Å²) in [6.45, 7) is 12.0. The van der Waals surface area contributed by atoms with E-state index in [1.54, 1.807) is 0 Å². The maximum absolute atomic E-state index is 3.67. The van der Waals surface area contributed by atoms with Crippen molar-refractivity contribution in [2.45, 2.75) is 47.1 Å². The van der Waals surface area contributed by atoms with E-state index in [1.807, 2.05) is 0 Å². The molecule has 21 heavy (non-hydrogen) atoms. The van der Waals surface area contributed by atoms with E-state index in [0.29, 0.717) is 6.04 Å². The van der Waals surface area contributed by atoms with E-state index in [-0.39, 0.29) is 0 Å². The third kappa shape index (κ3) is 3.95. The summed E-state index contributed by atoms with van der Waals surface area (Å²) < 4.78 is 0. The molecule has 1 N–H and O–H groups in total. The minimum atomic E-state index is 0.386. The van der Waals surface area contributed by atoms with E-state index >= 15 is 0 Å². The Labute approximate surface area is 129 Å². The van der Waals surface area contributed by atoms with Gasteiger partial charge < -0.3 is 5.32 Å². The van der Waals surface area contributed by atoms with Crippen LogP contribution in [0.15, 0.2) is 36.4 Å². The standard InChI is InChI=1S/C20H27N/c1-6-21-19(13-18-9-7-8-14(2)12-18)20-16(4)10-15(3)11-17(20)5/h7-12,19,21H,6,13H2,1-5H3. The lowest BCUT2D eigenvalue weighted by molar-refractivity contribution is 0.544. The average Bonchev–Trinajstić information content (AvgIpc) is 2.37. The molecule has 2 aromatic carbocycles. The first-order chi connectivity index (χ1) is 10.0. The van der Waals surface area contributed by atoms with E-state index in [4.69, 9.17) is 0 Å². The van der Waals surface area contributed by atoms with E-state index < -0.39 is 0 Å². The lowest BCUT2D eigenvalue weighted by Crippen LogP contribution is -2.24. The summed E-state index contributed by atoms with van der Waals surface area (Å²) in [6, 6.07) is 13.8. The van der Waals surface area contributed by atoms with E-state index in [0.717, 1.165) is 13.0 Å². The molecule has 1 heteroatoms. The lowest BCUT2D eigenvalue weighted by atomic mass is 9.90. The van der Waals surface area contributed by atoms with Crippen molar-refractivity contribution in [3.63, 3.8) is 0 Å². The van der Waals surface area contributed by atoms with Gasteiger partial charge in [-0.1, -0.05) is 54.4 Å². The molecule has 0 fully saturated rings. The highest BCUT2D eigenvalue weighted by atomic mass is 14.9. The Morgan fingerprint density at radius 3 is 2.14 bits per heavy atom. The second-order valence-electron chi connectivity index (χ2n) is 6.12. The molecule has 112 valence electrons. The molecule has 0 aliphatic rings. The highest BCUT2D eigenvalue weighted by Gasteiger charge is 2.16. The monoisotopic (exact) mass is 281 g/mol. The Balaban J connectivity index is 2.35. The summed E-state index contributed by atoms with van der Waals surface area (Å²) in [7, 11) is 0. The molecule has 0 heterocycles. The van der Waals surface area contributed by atoms with Gasteiger partial charge in [0, 0.05) is 6.04 Å². The van der Waals surface area contributed by atoms with Gasteiger partial charge in [-0.3, -0.25) is 0 Å². The van der Waals surface area contributed by atoms with Crippen molar-refractivity contribution < 1.29 is 0 Å². The van der Waals surface area contributed by atoms with Gasteiger partial charge in [-0.2, -0.15) is 0 Å². The van der Waals surface area contributed by atoms with Crippen LogP contribution in [-0.4, -0.2) is 6.54 Å².